The van der Waals surface area contributed by atoms with E-state index in [4.69, 9.17) is 50.5 Å². The van der Waals surface area contributed by atoms with Crippen molar-refractivity contribution in [3.05, 3.63) is 303 Å². The molecule has 0 bridgehead atoms. The maximum absolute atomic E-state index is 6.42. The Labute approximate surface area is 739 Å². The molecule has 4 fully saturated rings. The van der Waals surface area contributed by atoms with Crippen molar-refractivity contribution >= 4 is 202 Å². The third-order valence-electron chi connectivity index (χ3n) is 28.3. The quantitative estimate of drug-likeness (QED) is 0.142. The molecule has 126 heavy (non-hydrogen) atoms. The minimum Gasteiger partial charge on any atom is -0.455 e. The van der Waals surface area contributed by atoms with E-state index in [9.17, 15) is 0 Å². The van der Waals surface area contributed by atoms with Gasteiger partial charge in [0.05, 0.1) is 44.8 Å². The molecular formula is C110H98B4O11S. The summed E-state index contributed by atoms with van der Waals surface area (Å²) in [6.07, 6.45) is 0. The molecule has 0 unspecified atom stereocenters. The molecule has 4 aliphatic heterocycles. The maximum Gasteiger partial charge on any atom is 0.495 e. The molecule has 0 saturated carbocycles. The summed E-state index contributed by atoms with van der Waals surface area (Å²) < 4.78 is 72.1. The smallest absolute Gasteiger partial charge is 0.455 e. The lowest BCUT2D eigenvalue weighted by molar-refractivity contribution is 0.00578. The van der Waals surface area contributed by atoms with Crippen LogP contribution in [0.15, 0.2) is 317 Å². The van der Waals surface area contributed by atoms with Gasteiger partial charge in [-0.25, -0.2) is 0 Å². The Kier molecular flexibility index (Phi) is 19.4. The van der Waals surface area contributed by atoms with Crippen LogP contribution in [-0.4, -0.2) is 73.3 Å². The first-order chi connectivity index (χ1) is 60.4. The van der Waals surface area contributed by atoms with Crippen molar-refractivity contribution in [1.29, 1.82) is 0 Å². The number of hydrogen-bond acceptors (Lipinski definition) is 12. The number of fused-ring (bicyclic) bond motifs is 21. The SMILES string of the molecule is CC1(C)OB(c2ccc(-c3cccc4c3ccc3c5ccccc5oc43)c3ccccc23)OC1(C)C.CC1(C)OB(c2ccc3ccc4c5ccccc5sc4c3c2)OC1(C)C.CC1(C)OB(c2cccc(-c3cc4c5ccccc5oc4c4ccccc34)c2)OC1(C)C.CC1(C)OB(c2cccc(-c3cccc4c3ccc3c5ccccc5oc43)c2)OC1(C)C. The molecule has 20 aromatic rings. The van der Waals surface area contributed by atoms with Crippen molar-refractivity contribution in [2.75, 3.05) is 0 Å². The molecule has 0 amide bonds. The van der Waals surface area contributed by atoms with E-state index in [2.05, 4.69) is 378 Å². The largest absolute Gasteiger partial charge is 0.495 e. The van der Waals surface area contributed by atoms with Gasteiger partial charge in [-0.1, -0.05) is 261 Å². The van der Waals surface area contributed by atoms with Gasteiger partial charge in [-0.05, 0) is 246 Å². The lowest BCUT2D eigenvalue weighted by Crippen LogP contribution is -2.41. The second-order valence-electron chi connectivity index (χ2n) is 38.2. The molecule has 0 aliphatic carbocycles. The summed E-state index contributed by atoms with van der Waals surface area (Å²) in [5.41, 5.74) is 13.9. The Morgan fingerprint density at radius 3 is 1.03 bits per heavy atom. The van der Waals surface area contributed by atoms with Crippen LogP contribution in [-0.2, 0) is 37.2 Å². The van der Waals surface area contributed by atoms with Gasteiger partial charge < -0.3 is 50.5 Å². The van der Waals surface area contributed by atoms with E-state index in [1.807, 2.05) is 47.7 Å². The average molecular weight is 1670 g/mol. The van der Waals surface area contributed by atoms with Gasteiger partial charge >= 0.3 is 28.5 Å². The molecule has 11 nitrogen and oxygen atoms in total. The van der Waals surface area contributed by atoms with Gasteiger partial charge in [0.15, 0.2) is 0 Å². The van der Waals surface area contributed by atoms with E-state index in [0.717, 1.165) is 120 Å². The topological polar surface area (TPSA) is 113 Å². The highest BCUT2D eigenvalue weighted by Crippen LogP contribution is 2.48. The molecule has 0 radical (unpaired) electrons. The van der Waals surface area contributed by atoms with Crippen LogP contribution in [0.1, 0.15) is 111 Å². The van der Waals surface area contributed by atoms with E-state index < -0.39 is 7.12 Å². The number of thiophene rings is 1. The Hall–Kier alpha value is -11.6. The van der Waals surface area contributed by atoms with Crippen molar-refractivity contribution in [2.24, 2.45) is 0 Å². The number of para-hydroxylation sites is 3. The van der Waals surface area contributed by atoms with E-state index in [-0.39, 0.29) is 66.2 Å². The Balaban J connectivity index is 0.000000103. The van der Waals surface area contributed by atoms with Crippen LogP contribution in [0.2, 0.25) is 0 Å². The second kappa shape index (κ2) is 30.0. The Morgan fingerprint density at radius 2 is 0.532 bits per heavy atom. The standard InChI is InChI=1S/C32H27BO3.2C28H25BO3.C22H21BO2S/c1-31(2)32(3,4)36-33(35-31)28-19-18-22(21-10-5-6-11-24(21)28)20-13-9-14-26-23(20)16-17-27-25-12-7-8-15-29(25)34-30(26)27;1-27(2)28(3,4)32-29(31-27)19-10-7-9-18(17-19)20-12-8-13-23-21(20)15-16-24-22-11-5-6-14-25(22)30-26(23)24;1-27(2)28(3,4)32-29(31-27)19-11-9-10-18(16-19)23-17-24-21-13-7-8-15-25(21)30-26(24)22-14-6-5-12-20(22)23;1-21(2)22(3,4)25-23(24-21)15-11-9-14-10-12-17-16-7-5-6-8-19(16)26-20(17)18(14)13-15/h5-19H,1-4H3;2*5-17H,1-4H3;5-13H,1-4H3. The fraction of sp³-hybridized carbons (Fsp3) is 0.218. The van der Waals surface area contributed by atoms with Crippen LogP contribution in [0.5, 0.6) is 0 Å². The highest BCUT2D eigenvalue weighted by atomic mass is 32.1. The number of hydrogen-bond donors (Lipinski definition) is 0. The molecule has 4 aromatic heterocycles. The second-order valence-corrected chi connectivity index (χ2v) is 39.3. The zero-order chi connectivity index (χ0) is 86.9. The molecule has 0 atom stereocenters. The molecule has 4 saturated heterocycles. The highest BCUT2D eigenvalue weighted by molar-refractivity contribution is 7.26. The van der Waals surface area contributed by atoms with Crippen molar-refractivity contribution in [1.82, 2.24) is 0 Å². The summed E-state index contributed by atoms with van der Waals surface area (Å²) in [5, 5.41) is 21.3. The normalized spacial score (nSPS) is 17.7. The first kappa shape index (κ1) is 81.4. The third kappa shape index (κ3) is 13.7. The monoisotopic (exact) mass is 1670 g/mol. The molecule has 24 rings (SSSR count). The average Bonchev–Trinajstić information content (AvgIpc) is 1.49. The van der Waals surface area contributed by atoms with Gasteiger partial charge in [0.1, 0.15) is 33.5 Å². The predicted octanol–water partition coefficient (Wildman–Crippen LogP) is 26.8. The molecular weight excluding hydrogens is 1570 g/mol. The first-order valence-electron chi connectivity index (χ1n) is 43.9. The first-order valence-corrected chi connectivity index (χ1v) is 44.7. The zero-order valence-corrected chi connectivity index (χ0v) is 74.9. The minimum absolute atomic E-state index is 0.323. The Bertz CT molecular complexity index is 7690. The van der Waals surface area contributed by atoms with Gasteiger partial charge in [-0.15, -0.1) is 11.3 Å². The summed E-state index contributed by atoms with van der Waals surface area (Å²) in [6, 6.07) is 107. The number of rotatable bonds is 7. The van der Waals surface area contributed by atoms with Crippen molar-refractivity contribution < 1.29 is 50.5 Å². The van der Waals surface area contributed by atoms with Gasteiger partial charge in [0.25, 0.3) is 0 Å². The van der Waals surface area contributed by atoms with Crippen LogP contribution in [0, 0.1) is 0 Å². The van der Waals surface area contributed by atoms with Crippen LogP contribution in [0.25, 0.3) is 173 Å². The van der Waals surface area contributed by atoms with E-state index in [1.165, 1.54) is 74.7 Å². The molecule has 16 aromatic carbocycles. The highest BCUT2D eigenvalue weighted by Gasteiger charge is 2.55. The van der Waals surface area contributed by atoms with Crippen LogP contribution in [0.4, 0.5) is 0 Å². The predicted molar refractivity (Wildman–Crippen MR) is 527 cm³/mol. The fourth-order valence-electron chi connectivity index (χ4n) is 18.4. The number of furan rings is 3. The molecule has 8 heterocycles. The summed E-state index contributed by atoms with van der Waals surface area (Å²) >= 11 is 1.86. The molecule has 4 aliphatic rings. The lowest BCUT2D eigenvalue weighted by atomic mass is 9.75. The fourth-order valence-corrected chi connectivity index (χ4v) is 19.6. The van der Waals surface area contributed by atoms with Crippen LogP contribution in [0.3, 0.4) is 0 Å². The van der Waals surface area contributed by atoms with E-state index in [1.54, 1.807) is 0 Å². The van der Waals surface area contributed by atoms with E-state index >= 15 is 0 Å². The molecule has 0 spiro atoms. The lowest BCUT2D eigenvalue weighted by Gasteiger charge is -2.32. The summed E-state index contributed by atoms with van der Waals surface area (Å²) in [5.74, 6) is 0. The molecule has 0 N–H and O–H groups in total. The Morgan fingerprint density at radius 1 is 0.206 bits per heavy atom. The zero-order valence-electron chi connectivity index (χ0n) is 74.1. The number of benzene rings is 16. The third-order valence-corrected chi connectivity index (χ3v) is 29.5. The molecule has 16 heteroatoms. The van der Waals surface area contributed by atoms with Crippen molar-refractivity contribution in [3.63, 3.8) is 0 Å². The van der Waals surface area contributed by atoms with Gasteiger partial charge in [0.2, 0.25) is 0 Å². The van der Waals surface area contributed by atoms with Crippen LogP contribution >= 0.6 is 11.3 Å². The maximum atomic E-state index is 6.42. The van der Waals surface area contributed by atoms with E-state index in [0.29, 0.717) is 0 Å². The van der Waals surface area contributed by atoms with Crippen molar-refractivity contribution in [2.45, 2.75) is 156 Å². The van der Waals surface area contributed by atoms with Gasteiger partial charge in [0, 0.05) is 68.6 Å². The summed E-state index contributed by atoms with van der Waals surface area (Å²) in [4.78, 5) is 0. The van der Waals surface area contributed by atoms with Gasteiger partial charge in [-0.3, -0.25) is 0 Å². The van der Waals surface area contributed by atoms with Crippen LogP contribution < -0.4 is 21.9 Å². The van der Waals surface area contributed by atoms with Gasteiger partial charge in [-0.2, -0.15) is 0 Å². The molecule has 622 valence electrons. The summed E-state index contributed by atoms with van der Waals surface area (Å²) in [7, 11) is -1.49. The summed E-state index contributed by atoms with van der Waals surface area (Å²) in [6.45, 7) is 33.4. The minimum atomic E-state index is -0.406. The van der Waals surface area contributed by atoms with Crippen molar-refractivity contribution in [3.8, 4) is 33.4 Å².